The van der Waals surface area contributed by atoms with Gasteiger partial charge in [-0.3, -0.25) is 4.79 Å². The first kappa shape index (κ1) is 16.9. The monoisotopic (exact) mass is 352 g/mol. The topological polar surface area (TPSA) is 41.5 Å². The molecule has 0 aliphatic heterocycles. The lowest BCUT2D eigenvalue weighted by Crippen LogP contribution is -2.19. The van der Waals surface area contributed by atoms with Gasteiger partial charge in [0.1, 0.15) is 0 Å². The minimum Gasteiger partial charge on any atom is -0.272 e. The Morgan fingerprint density at radius 3 is 2.77 bits per heavy atom. The van der Waals surface area contributed by atoms with Crippen molar-refractivity contribution in [3.63, 3.8) is 0 Å². The van der Waals surface area contributed by atoms with Gasteiger partial charge in [0.25, 0.3) is 0 Å². The van der Waals surface area contributed by atoms with Gasteiger partial charge in [-0.1, -0.05) is 47.5 Å². The molecule has 0 fully saturated rings. The molecule has 2 rings (SSSR count). The van der Waals surface area contributed by atoms with Crippen molar-refractivity contribution in [3.05, 3.63) is 63.6 Å². The van der Waals surface area contributed by atoms with Crippen molar-refractivity contribution in [2.24, 2.45) is 5.10 Å². The highest BCUT2D eigenvalue weighted by Gasteiger charge is 2.03. The summed E-state index contributed by atoms with van der Waals surface area (Å²) in [7, 11) is 0. The molecule has 22 heavy (non-hydrogen) atoms. The van der Waals surface area contributed by atoms with Crippen LogP contribution in [0.1, 0.15) is 11.1 Å². The summed E-state index contributed by atoms with van der Waals surface area (Å²) in [5.41, 5.74) is 4.32. The zero-order valence-corrected chi connectivity index (χ0v) is 14.2. The highest BCUT2D eigenvalue weighted by atomic mass is 35.5. The number of nitrogens with zero attached hydrogens (tertiary/aromatic N) is 1. The Balaban J connectivity index is 1.85. The molecule has 0 radical (unpaired) electrons. The van der Waals surface area contributed by atoms with E-state index in [1.165, 1.54) is 18.0 Å². The lowest BCUT2D eigenvalue weighted by molar-refractivity contribution is -0.118. The van der Waals surface area contributed by atoms with Gasteiger partial charge in [-0.25, -0.2) is 5.43 Å². The van der Waals surface area contributed by atoms with Gasteiger partial charge in [-0.15, -0.1) is 11.8 Å². The zero-order valence-electron chi connectivity index (χ0n) is 11.8. The first-order valence-corrected chi connectivity index (χ1v) is 8.26. The van der Waals surface area contributed by atoms with E-state index in [1.54, 1.807) is 18.2 Å². The Hall–Kier alpha value is -1.49. The lowest BCUT2D eigenvalue weighted by Gasteiger charge is -2.04. The molecule has 114 valence electrons. The van der Waals surface area contributed by atoms with E-state index in [1.807, 2.05) is 31.2 Å². The average Bonchev–Trinajstić information content (AvgIpc) is 2.49. The molecule has 1 N–H and O–H groups in total. The number of halogens is 2. The van der Waals surface area contributed by atoms with E-state index in [0.717, 1.165) is 10.5 Å². The normalized spacial score (nSPS) is 10.9. The Morgan fingerprint density at radius 2 is 2.05 bits per heavy atom. The number of thioether (sulfide) groups is 1. The third kappa shape index (κ3) is 5.05. The molecule has 0 saturated carbocycles. The van der Waals surface area contributed by atoms with Gasteiger partial charge in [-0.05, 0) is 30.7 Å². The fourth-order valence-corrected chi connectivity index (χ4v) is 2.95. The molecule has 0 bridgehead atoms. The van der Waals surface area contributed by atoms with Crippen LogP contribution < -0.4 is 5.43 Å². The maximum absolute atomic E-state index is 11.8. The Kier molecular flexibility index (Phi) is 6.31. The van der Waals surface area contributed by atoms with Gasteiger partial charge in [0.05, 0.1) is 17.0 Å². The van der Waals surface area contributed by atoms with Crippen molar-refractivity contribution < 1.29 is 4.79 Å². The van der Waals surface area contributed by atoms with E-state index in [2.05, 4.69) is 10.5 Å². The summed E-state index contributed by atoms with van der Waals surface area (Å²) in [6.45, 7) is 2.01. The molecule has 2 aromatic rings. The largest absolute Gasteiger partial charge is 0.272 e. The summed E-state index contributed by atoms with van der Waals surface area (Å²) in [6, 6.07) is 13.0. The van der Waals surface area contributed by atoms with E-state index in [9.17, 15) is 4.79 Å². The van der Waals surface area contributed by atoms with Crippen LogP contribution in [-0.2, 0) is 4.79 Å². The van der Waals surface area contributed by atoms with Crippen LogP contribution >= 0.6 is 35.0 Å². The number of rotatable bonds is 5. The minimum atomic E-state index is -0.172. The predicted octanol–water partition coefficient (Wildman–Crippen LogP) is 4.54. The average molecular weight is 353 g/mol. The van der Waals surface area contributed by atoms with Crippen LogP contribution in [0.5, 0.6) is 0 Å². The molecule has 0 unspecified atom stereocenters. The number of carbonyl (C=O) groups is 1. The van der Waals surface area contributed by atoms with E-state index in [4.69, 9.17) is 23.2 Å². The van der Waals surface area contributed by atoms with Gasteiger partial charge < -0.3 is 0 Å². The van der Waals surface area contributed by atoms with E-state index in [0.29, 0.717) is 21.4 Å². The molecule has 3 nitrogen and oxygen atoms in total. The number of nitrogens with one attached hydrogen (secondary N) is 1. The number of carbonyl (C=O) groups excluding carboxylic acids is 1. The second-order valence-corrected chi connectivity index (χ2v) is 6.37. The Morgan fingerprint density at radius 1 is 1.27 bits per heavy atom. The van der Waals surface area contributed by atoms with E-state index < -0.39 is 0 Å². The number of hydrogen-bond acceptors (Lipinski definition) is 3. The first-order valence-electron chi connectivity index (χ1n) is 6.51. The highest BCUT2D eigenvalue weighted by Crippen LogP contribution is 2.21. The van der Waals surface area contributed by atoms with Crippen LogP contribution in [0.3, 0.4) is 0 Å². The standard InChI is InChI=1S/C16H14Cl2N2OS/c1-11-4-2-3-5-15(11)22-10-16(21)20-19-9-12-6-7-13(17)8-14(12)18/h2-9H,10H2,1H3,(H,20,21)/b19-9+. The second-order valence-electron chi connectivity index (χ2n) is 4.51. The van der Waals surface area contributed by atoms with Crippen molar-refractivity contribution >= 4 is 47.1 Å². The first-order chi connectivity index (χ1) is 10.6. The molecule has 0 aliphatic carbocycles. The van der Waals surface area contributed by atoms with E-state index in [-0.39, 0.29) is 5.91 Å². The SMILES string of the molecule is Cc1ccccc1SCC(=O)N/N=C/c1ccc(Cl)cc1Cl. The third-order valence-corrected chi connectivity index (χ3v) is 4.55. The third-order valence-electron chi connectivity index (χ3n) is 2.81. The minimum absolute atomic E-state index is 0.172. The molecule has 0 aromatic heterocycles. The molecule has 0 aliphatic rings. The zero-order chi connectivity index (χ0) is 15.9. The summed E-state index contributed by atoms with van der Waals surface area (Å²) < 4.78 is 0. The van der Waals surface area contributed by atoms with Crippen molar-refractivity contribution in [2.75, 3.05) is 5.75 Å². The smallest absolute Gasteiger partial charge is 0.250 e. The summed E-state index contributed by atoms with van der Waals surface area (Å²) in [5, 5.41) is 4.94. The molecular weight excluding hydrogens is 339 g/mol. The van der Waals surface area contributed by atoms with Crippen LogP contribution in [-0.4, -0.2) is 17.9 Å². The fraction of sp³-hybridized carbons (Fsp3) is 0.125. The molecule has 0 heterocycles. The Labute approximate surface area is 143 Å². The number of hydrogen-bond donors (Lipinski definition) is 1. The number of benzene rings is 2. The number of aryl methyl sites for hydroxylation is 1. The van der Waals surface area contributed by atoms with E-state index >= 15 is 0 Å². The molecule has 0 saturated heterocycles. The van der Waals surface area contributed by atoms with Crippen LogP contribution in [0.25, 0.3) is 0 Å². The van der Waals surface area contributed by atoms with Gasteiger partial charge in [-0.2, -0.15) is 5.10 Å². The quantitative estimate of drug-likeness (QED) is 0.487. The number of amides is 1. The number of hydrazone groups is 1. The van der Waals surface area contributed by atoms with Gasteiger partial charge >= 0.3 is 0 Å². The Bertz CT molecular complexity index is 704. The summed E-state index contributed by atoms with van der Waals surface area (Å²) >= 11 is 13.3. The van der Waals surface area contributed by atoms with Gasteiger partial charge in [0.15, 0.2) is 0 Å². The van der Waals surface area contributed by atoms with Crippen LogP contribution in [0, 0.1) is 6.92 Å². The van der Waals surface area contributed by atoms with Crippen LogP contribution in [0.2, 0.25) is 10.0 Å². The maximum Gasteiger partial charge on any atom is 0.250 e. The van der Waals surface area contributed by atoms with Crippen LogP contribution in [0.15, 0.2) is 52.5 Å². The molecular formula is C16H14Cl2N2OS. The van der Waals surface area contributed by atoms with Crippen molar-refractivity contribution in [2.45, 2.75) is 11.8 Å². The summed E-state index contributed by atoms with van der Waals surface area (Å²) in [4.78, 5) is 12.8. The fourth-order valence-electron chi connectivity index (χ4n) is 1.67. The molecule has 1 amide bonds. The van der Waals surface area contributed by atoms with Gasteiger partial charge in [0.2, 0.25) is 5.91 Å². The van der Waals surface area contributed by atoms with Gasteiger partial charge in [0, 0.05) is 15.5 Å². The van der Waals surface area contributed by atoms with Crippen molar-refractivity contribution in [1.82, 2.24) is 5.43 Å². The molecule has 6 heteroatoms. The second kappa shape index (κ2) is 8.22. The lowest BCUT2D eigenvalue weighted by atomic mass is 10.2. The van der Waals surface area contributed by atoms with Crippen molar-refractivity contribution in [3.8, 4) is 0 Å². The van der Waals surface area contributed by atoms with Crippen LogP contribution in [0.4, 0.5) is 0 Å². The highest BCUT2D eigenvalue weighted by molar-refractivity contribution is 8.00. The molecule has 2 aromatic carbocycles. The summed E-state index contributed by atoms with van der Waals surface area (Å²) in [6.07, 6.45) is 1.50. The predicted molar refractivity (Wildman–Crippen MR) is 94.1 cm³/mol. The molecule has 0 atom stereocenters. The summed E-state index contributed by atoms with van der Waals surface area (Å²) in [5.74, 6) is 0.130. The maximum atomic E-state index is 11.8. The molecule has 0 spiro atoms. The van der Waals surface area contributed by atoms with Crippen molar-refractivity contribution in [1.29, 1.82) is 0 Å².